The average molecular weight is 304 g/mol. The van der Waals surface area contributed by atoms with Crippen LogP contribution in [-0.4, -0.2) is 24.7 Å². The number of hydrogen-bond donors (Lipinski definition) is 0. The van der Waals surface area contributed by atoms with E-state index in [1.807, 2.05) is 0 Å². The van der Waals surface area contributed by atoms with Gasteiger partial charge in [-0.15, -0.1) is 0 Å². The molecule has 0 radical (unpaired) electrons. The number of fused-ring (bicyclic) bond motifs is 1. The van der Waals surface area contributed by atoms with Gasteiger partial charge in [-0.1, -0.05) is 0 Å². The van der Waals surface area contributed by atoms with Crippen LogP contribution < -0.4 is 5.56 Å². The normalized spacial score (nSPS) is 11.2. The predicted molar refractivity (Wildman–Crippen MR) is 76.7 cm³/mol. The first kappa shape index (κ1) is 13.6. The van der Waals surface area contributed by atoms with Crippen molar-refractivity contribution in [3.8, 4) is 0 Å². The third kappa shape index (κ3) is 2.27. The summed E-state index contributed by atoms with van der Waals surface area (Å²) in [5, 5.41) is 0.459. The van der Waals surface area contributed by atoms with Gasteiger partial charge in [-0.2, -0.15) is 4.37 Å². The number of nitrogens with zero attached hydrogens (tertiary/aromatic N) is 4. The van der Waals surface area contributed by atoms with Gasteiger partial charge in [0.05, 0.1) is 29.6 Å². The van der Waals surface area contributed by atoms with Crippen molar-refractivity contribution in [1.29, 1.82) is 0 Å². The second kappa shape index (κ2) is 4.88. The summed E-state index contributed by atoms with van der Waals surface area (Å²) in [6, 6.07) is 0. The van der Waals surface area contributed by atoms with Gasteiger partial charge in [0, 0.05) is 6.92 Å². The lowest BCUT2D eigenvalue weighted by Crippen LogP contribution is -2.24. The Labute approximate surface area is 123 Å². The summed E-state index contributed by atoms with van der Waals surface area (Å²) in [6.07, 6.45) is 1.36. The molecule has 3 rings (SSSR count). The van der Waals surface area contributed by atoms with Gasteiger partial charge in [0.15, 0.2) is 16.5 Å². The van der Waals surface area contributed by atoms with Crippen LogP contribution in [0.2, 0.25) is 0 Å². The van der Waals surface area contributed by atoms with Crippen LogP contribution in [0.1, 0.15) is 27.8 Å². The lowest BCUT2D eigenvalue weighted by Gasteiger charge is -2.03. The topological polar surface area (TPSA) is 90.9 Å². The van der Waals surface area contributed by atoms with Gasteiger partial charge in [0.1, 0.15) is 0 Å². The summed E-state index contributed by atoms with van der Waals surface area (Å²) in [5.74, 6) is 0.298. The molecule has 0 saturated heterocycles. The summed E-state index contributed by atoms with van der Waals surface area (Å²) in [5.41, 5.74) is 0.877. The molecule has 0 saturated carbocycles. The molecule has 0 atom stereocenters. The van der Waals surface area contributed by atoms with E-state index in [1.165, 1.54) is 22.4 Å². The smallest absolute Gasteiger partial charge is 0.264 e. The van der Waals surface area contributed by atoms with Crippen molar-refractivity contribution in [2.24, 2.45) is 0 Å². The fourth-order valence-corrected chi connectivity index (χ4v) is 2.87. The zero-order valence-electron chi connectivity index (χ0n) is 11.7. The lowest BCUT2D eigenvalue weighted by atomic mass is 10.2. The van der Waals surface area contributed by atoms with E-state index in [-0.39, 0.29) is 23.6 Å². The molecule has 0 spiro atoms. The number of aromatic nitrogens is 4. The number of carbonyl (C=O) groups excluding carboxylic acids is 1. The van der Waals surface area contributed by atoms with E-state index >= 15 is 0 Å². The first-order valence-corrected chi connectivity index (χ1v) is 7.03. The largest absolute Gasteiger partial charge is 0.438 e. The van der Waals surface area contributed by atoms with Crippen molar-refractivity contribution in [1.82, 2.24) is 18.9 Å². The maximum absolute atomic E-state index is 12.4. The molecule has 108 valence electrons. The molecule has 0 amide bonds. The molecule has 8 heteroatoms. The summed E-state index contributed by atoms with van der Waals surface area (Å²) < 4.78 is 10.6. The minimum atomic E-state index is -0.308. The van der Waals surface area contributed by atoms with Crippen molar-refractivity contribution >= 4 is 27.5 Å². The van der Waals surface area contributed by atoms with Crippen molar-refractivity contribution in [2.45, 2.75) is 27.3 Å². The Morgan fingerprint density at radius 1 is 1.33 bits per heavy atom. The van der Waals surface area contributed by atoms with Crippen molar-refractivity contribution in [2.75, 3.05) is 0 Å². The van der Waals surface area contributed by atoms with Crippen LogP contribution in [0.25, 0.3) is 10.2 Å². The van der Waals surface area contributed by atoms with Gasteiger partial charge in [-0.3, -0.25) is 14.2 Å². The number of ketones is 1. The number of carbonyl (C=O) groups is 1. The molecule has 0 aliphatic carbocycles. The molecular weight excluding hydrogens is 292 g/mol. The Morgan fingerprint density at radius 3 is 2.76 bits per heavy atom. The molecule has 3 heterocycles. The van der Waals surface area contributed by atoms with E-state index in [1.54, 1.807) is 20.8 Å². The minimum Gasteiger partial charge on any atom is -0.438 e. The zero-order valence-corrected chi connectivity index (χ0v) is 12.5. The number of hydrogen-bond acceptors (Lipinski definition) is 7. The van der Waals surface area contributed by atoms with Gasteiger partial charge in [0.25, 0.3) is 5.56 Å². The predicted octanol–water partition coefficient (Wildman–Crippen LogP) is 1.65. The Kier molecular flexibility index (Phi) is 3.17. The maximum Gasteiger partial charge on any atom is 0.264 e. The Hall–Kier alpha value is -2.35. The van der Waals surface area contributed by atoms with Crippen molar-refractivity contribution in [3.63, 3.8) is 0 Å². The summed E-state index contributed by atoms with van der Waals surface area (Å²) in [6.45, 7) is 4.98. The molecule has 0 bridgehead atoms. The number of aryl methyl sites for hydroxylation is 3. The molecule has 0 aromatic carbocycles. The molecule has 0 aliphatic rings. The van der Waals surface area contributed by atoms with E-state index in [0.29, 0.717) is 27.5 Å². The van der Waals surface area contributed by atoms with E-state index in [2.05, 4.69) is 14.3 Å². The van der Waals surface area contributed by atoms with E-state index in [9.17, 15) is 9.59 Å². The van der Waals surface area contributed by atoms with Crippen LogP contribution in [0, 0.1) is 20.8 Å². The molecule has 0 fully saturated rings. The van der Waals surface area contributed by atoms with Crippen molar-refractivity contribution < 1.29 is 9.21 Å². The molecule has 0 unspecified atom stereocenters. The molecule has 21 heavy (non-hydrogen) atoms. The van der Waals surface area contributed by atoms with Gasteiger partial charge in [-0.25, -0.2) is 9.97 Å². The second-order valence-corrected chi connectivity index (χ2v) is 5.45. The highest BCUT2D eigenvalue weighted by Gasteiger charge is 2.18. The Morgan fingerprint density at radius 2 is 2.10 bits per heavy atom. The Bertz CT molecular complexity index is 906. The van der Waals surface area contributed by atoms with Crippen LogP contribution in [-0.2, 0) is 6.54 Å². The van der Waals surface area contributed by atoms with Crippen LogP contribution in [0.4, 0.5) is 0 Å². The van der Waals surface area contributed by atoms with Crippen LogP contribution in [0.3, 0.4) is 0 Å². The first-order valence-electron chi connectivity index (χ1n) is 6.26. The van der Waals surface area contributed by atoms with E-state index in [0.717, 1.165) is 0 Å². The van der Waals surface area contributed by atoms with Crippen molar-refractivity contribution in [3.05, 3.63) is 39.7 Å². The second-order valence-electron chi connectivity index (χ2n) is 4.70. The molecule has 0 aliphatic heterocycles. The van der Waals surface area contributed by atoms with Crippen LogP contribution in [0.5, 0.6) is 0 Å². The minimum absolute atomic E-state index is 0.132. The number of oxazole rings is 1. The van der Waals surface area contributed by atoms with Gasteiger partial charge in [-0.05, 0) is 25.4 Å². The molecule has 7 nitrogen and oxygen atoms in total. The highest BCUT2D eigenvalue weighted by Crippen LogP contribution is 2.16. The maximum atomic E-state index is 12.4. The summed E-state index contributed by atoms with van der Waals surface area (Å²) in [7, 11) is 0. The van der Waals surface area contributed by atoms with E-state index in [4.69, 9.17) is 4.42 Å². The lowest BCUT2D eigenvalue weighted by molar-refractivity contribution is 0.0941. The van der Waals surface area contributed by atoms with Crippen LogP contribution in [0.15, 0.2) is 15.5 Å². The molecular formula is C13H12N4O3S. The van der Waals surface area contributed by atoms with Gasteiger partial charge in [0.2, 0.25) is 5.78 Å². The summed E-state index contributed by atoms with van der Waals surface area (Å²) in [4.78, 5) is 33.4. The summed E-state index contributed by atoms with van der Waals surface area (Å²) >= 11 is 1.17. The highest BCUT2D eigenvalue weighted by atomic mass is 32.1. The number of rotatable bonds is 3. The SMILES string of the molecule is Cc1nc(C)c(C(=O)Cn2cnc3snc(C)c3c2=O)o1. The average Bonchev–Trinajstić information content (AvgIpc) is 2.96. The first-order chi connectivity index (χ1) is 9.97. The fraction of sp³-hybridized carbons (Fsp3) is 0.308. The quantitative estimate of drug-likeness (QED) is 0.683. The standard InChI is InChI=1S/C13H12N4O3S/c1-6-10-12(21-16-6)14-5-17(13(10)19)4-9(18)11-7(2)15-8(3)20-11/h5H,4H2,1-3H3. The monoisotopic (exact) mass is 304 g/mol. The van der Waals surface area contributed by atoms with Crippen LogP contribution >= 0.6 is 11.5 Å². The zero-order chi connectivity index (χ0) is 15.1. The van der Waals surface area contributed by atoms with Gasteiger partial charge < -0.3 is 4.42 Å². The van der Waals surface area contributed by atoms with E-state index < -0.39 is 0 Å². The molecule has 0 N–H and O–H groups in total. The van der Waals surface area contributed by atoms with Gasteiger partial charge >= 0.3 is 0 Å². The number of Topliss-reactive ketones (excluding diaryl/α,β-unsaturated/α-hetero) is 1. The fourth-order valence-electron chi connectivity index (χ4n) is 2.14. The highest BCUT2D eigenvalue weighted by molar-refractivity contribution is 7.12. The Balaban J connectivity index is 2.00. The molecule has 3 aromatic heterocycles. The third-order valence-corrected chi connectivity index (χ3v) is 3.95. The third-order valence-electron chi connectivity index (χ3n) is 3.10. The molecule has 3 aromatic rings.